The van der Waals surface area contributed by atoms with Gasteiger partial charge in [-0.2, -0.15) is 0 Å². The van der Waals surface area contributed by atoms with Crippen LogP contribution in [0.15, 0.2) is 34.7 Å². The van der Waals surface area contributed by atoms with Crippen molar-refractivity contribution in [2.75, 3.05) is 19.6 Å². The van der Waals surface area contributed by atoms with E-state index >= 15 is 0 Å². The molecule has 0 aliphatic carbocycles. The van der Waals surface area contributed by atoms with E-state index in [1.807, 2.05) is 44.2 Å². The lowest BCUT2D eigenvalue weighted by atomic mass is 9.90. The van der Waals surface area contributed by atoms with E-state index in [1.165, 1.54) is 0 Å². The van der Waals surface area contributed by atoms with Crippen molar-refractivity contribution < 1.29 is 9.21 Å². The van der Waals surface area contributed by atoms with Gasteiger partial charge in [0.25, 0.3) is 0 Å². The Morgan fingerprint density at radius 2 is 2.17 bits per heavy atom. The molecular weight excluding hydrogens is 302 g/mol. The first-order valence-corrected chi connectivity index (χ1v) is 8.65. The van der Waals surface area contributed by atoms with Gasteiger partial charge in [-0.25, -0.2) is 0 Å². The van der Waals surface area contributed by atoms with Crippen molar-refractivity contribution in [2.24, 2.45) is 11.1 Å². The second-order valence-electron chi connectivity index (χ2n) is 7.33. The largest absolute Gasteiger partial charge is 0.459 e. The molecule has 1 aromatic heterocycles. The van der Waals surface area contributed by atoms with Crippen LogP contribution in [0.2, 0.25) is 0 Å². The van der Waals surface area contributed by atoms with Crippen molar-refractivity contribution >= 4 is 16.9 Å². The number of carbonyl (C=O) groups is 1. The number of nitrogens with one attached hydrogen (secondary N) is 1. The van der Waals surface area contributed by atoms with Crippen molar-refractivity contribution in [3.05, 3.63) is 36.1 Å². The Morgan fingerprint density at radius 1 is 1.42 bits per heavy atom. The van der Waals surface area contributed by atoms with Gasteiger partial charge in [-0.05, 0) is 50.9 Å². The van der Waals surface area contributed by atoms with Gasteiger partial charge in [-0.15, -0.1) is 0 Å². The lowest BCUT2D eigenvalue weighted by Gasteiger charge is -2.27. The lowest BCUT2D eigenvalue weighted by molar-refractivity contribution is -0.126. The highest BCUT2D eigenvalue weighted by Gasteiger charge is 2.36. The number of nitrogens with two attached hydrogens (primary N) is 1. The van der Waals surface area contributed by atoms with Crippen LogP contribution in [0, 0.1) is 5.41 Å². The Labute approximate surface area is 143 Å². The first-order chi connectivity index (χ1) is 11.4. The Bertz CT molecular complexity index is 693. The number of para-hydroxylation sites is 1. The monoisotopic (exact) mass is 329 g/mol. The molecule has 5 heteroatoms. The number of likely N-dealkylation sites (tertiary alicyclic amines) is 1. The van der Waals surface area contributed by atoms with E-state index in [4.69, 9.17) is 10.2 Å². The number of fused-ring (bicyclic) bond motifs is 1. The number of nitrogens with zero attached hydrogens (tertiary/aromatic N) is 1. The van der Waals surface area contributed by atoms with Gasteiger partial charge >= 0.3 is 0 Å². The predicted molar refractivity (Wildman–Crippen MR) is 95.6 cm³/mol. The molecule has 24 heavy (non-hydrogen) atoms. The summed E-state index contributed by atoms with van der Waals surface area (Å²) in [6.45, 7) is 8.56. The number of amides is 1. The van der Waals surface area contributed by atoms with E-state index in [0.29, 0.717) is 6.54 Å². The first-order valence-electron chi connectivity index (χ1n) is 8.65. The molecule has 0 bridgehead atoms. The van der Waals surface area contributed by atoms with Crippen molar-refractivity contribution in [3.8, 4) is 0 Å². The Balaban J connectivity index is 1.63. The van der Waals surface area contributed by atoms with Gasteiger partial charge < -0.3 is 15.5 Å². The quantitative estimate of drug-likeness (QED) is 0.885. The molecule has 130 valence electrons. The number of carbonyl (C=O) groups excluding carboxylic acids is 1. The van der Waals surface area contributed by atoms with E-state index in [2.05, 4.69) is 17.1 Å². The first kappa shape index (κ1) is 17.0. The minimum Gasteiger partial charge on any atom is -0.459 e. The summed E-state index contributed by atoms with van der Waals surface area (Å²) >= 11 is 0. The number of hydrogen-bond donors (Lipinski definition) is 2. The molecule has 2 heterocycles. The molecule has 3 N–H and O–H groups in total. The third-order valence-corrected chi connectivity index (χ3v) is 5.24. The molecule has 3 unspecified atom stereocenters. The zero-order chi connectivity index (χ0) is 17.3. The zero-order valence-corrected chi connectivity index (χ0v) is 14.7. The molecule has 1 aromatic carbocycles. The topological polar surface area (TPSA) is 71.5 Å². The molecule has 1 saturated heterocycles. The average Bonchev–Trinajstić information content (AvgIpc) is 3.18. The molecule has 1 aliphatic rings. The zero-order valence-electron chi connectivity index (χ0n) is 14.7. The highest BCUT2D eigenvalue weighted by Crippen LogP contribution is 2.30. The summed E-state index contributed by atoms with van der Waals surface area (Å²) < 4.78 is 5.84. The van der Waals surface area contributed by atoms with Crippen LogP contribution >= 0.6 is 0 Å². The summed E-state index contributed by atoms with van der Waals surface area (Å²) in [5.74, 6) is 0.814. The van der Waals surface area contributed by atoms with Crippen molar-refractivity contribution in [2.45, 2.75) is 39.3 Å². The summed E-state index contributed by atoms with van der Waals surface area (Å²) in [7, 11) is 0. The molecule has 0 radical (unpaired) electrons. The van der Waals surface area contributed by atoms with Crippen LogP contribution in [0.25, 0.3) is 11.0 Å². The van der Waals surface area contributed by atoms with Crippen molar-refractivity contribution in [1.82, 2.24) is 10.2 Å². The van der Waals surface area contributed by atoms with Crippen molar-refractivity contribution in [1.29, 1.82) is 0 Å². The highest BCUT2D eigenvalue weighted by atomic mass is 16.3. The average molecular weight is 329 g/mol. The Hall–Kier alpha value is -1.85. The molecule has 1 amide bonds. The maximum atomic E-state index is 12.6. The maximum absolute atomic E-state index is 12.6. The number of benzene rings is 1. The molecule has 0 saturated carbocycles. The highest BCUT2D eigenvalue weighted by molar-refractivity contribution is 5.82. The van der Waals surface area contributed by atoms with Gasteiger partial charge in [-0.1, -0.05) is 25.1 Å². The van der Waals surface area contributed by atoms with Gasteiger partial charge in [0.05, 0.1) is 12.1 Å². The van der Waals surface area contributed by atoms with E-state index in [1.54, 1.807) is 0 Å². The Kier molecular flexibility index (Phi) is 4.65. The molecule has 3 rings (SSSR count). The molecule has 0 spiro atoms. The molecule has 1 aliphatic heterocycles. The third-order valence-electron chi connectivity index (χ3n) is 5.24. The summed E-state index contributed by atoms with van der Waals surface area (Å²) in [6, 6.07) is 9.55. The summed E-state index contributed by atoms with van der Waals surface area (Å²) in [5.41, 5.74) is 6.83. The molecule has 1 fully saturated rings. The maximum Gasteiger partial charge on any atom is 0.237 e. The van der Waals surface area contributed by atoms with Gasteiger partial charge in [-0.3, -0.25) is 9.69 Å². The standard InChI is InChI=1S/C19H27N3O2/c1-13(17-10-15-6-4-5-7-16(15)24-17)21-18(23)14(2)22-9-8-19(3,11-20)12-22/h4-7,10,13-14H,8-9,11-12,20H2,1-3H3,(H,21,23). The van der Waals surface area contributed by atoms with Gasteiger partial charge in [0, 0.05) is 11.9 Å². The van der Waals surface area contributed by atoms with E-state index < -0.39 is 0 Å². The van der Waals surface area contributed by atoms with Crippen LogP contribution in [0.5, 0.6) is 0 Å². The smallest absolute Gasteiger partial charge is 0.237 e. The van der Waals surface area contributed by atoms with Gasteiger partial charge in [0.15, 0.2) is 0 Å². The molecular formula is C19H27N3O2. The SMILES string of the molecule is CC(NC(=O)C(C)N1CCC(C)(CN)C1)c1cc2ccccc2o1. The van der Waals surface area contributed by atoms with Crippen LogP contribution in [0.3, 0.4) is 0 Å². The van der Waals surface area contributed by atoms with Gasteiger partial charge in [0.1, 0.15) is 11.3 Å². The second kappa shape index (κ2) is 6.57. The third kappa shape index (κ3) is 3.32. The number of hydrogen-bond acceptors (Lipinski definition) is 4. The van der Waals surface area contributed by atoms with Crippen LogP contribution in [0.4, 0.5) is 0 Å². The summed E-state index contributed by atoms with van der Waals surface area (Å²) in [6.07, 6.45) is 1.04. The second-order valence-corrected chi connectivity index (χ2v) is 7.33. The number of furan rings is 1. The summed E-state index contributed by atoms with van der Waals surface area (Å²) in [4.78, 5) is 14.8. The molecule has 5 nitrogen and oxygen atoms in total. The normalized spacial score (nSPS) is 24.2. The van der Waals surface area contributed by atoms with Crippen LogP contribution in [-0.4, -0.2) is 36.5 Å². The molecule has 2 aromatic rings. The van der Waals surface area contributed by atoms with Crippen molar-refractivity contribution in [3.63, 3.8) is 0 Å². The van der Waals surface area contributed by atoms with E-state index in [9.17, 15) is 4.79 Å². The Morgan fingerprint density at radius 3 is 2.83 bits per heavy atom. The van der Waals surface area contributed by atoms with Crippen LogP contribution in [-0.2, 0) is 4.79 Å². The molecule has 3 atom stereocenters. The fourth-order valence-corrected chi connectivity index (χ4v) is 3.35. The lowest BCUT2D eigenvalue weighted by Crippen LogP contribution is -2.45. The fourth-order valence-electron chi connectivity index (χ4n) is 3.35. The summed E-state index contributed by atoms with van der Waals surface area (Å²) in [5, 5.41) is 4.13. The van der Waals surface area contributed by atoms with Gasteiger partial charge in [0.2, 0.25) is 5.91 Å². The minimum atomic E-state index is -0.162. The van der Waals surface area contributed by atoms with E-state index in [0.717, 1.165) is 36.2 Å². The predicted octanol–water partition coefficient (Wildman–Crippen LogP) is 2.67. The van der Waals surface area contributed by atoms with Crippen LogP contribution in [0.1, 0.15) is 39.0 Å². The number of rotatable bonds is 5. The minimum absolute atomic E-state index is 0.0317. The van der Waals surface area contributed by atoms with E-state index in [-0.39, 0.29) is 23.4 Å². The fraction of sp³-hybridized carbons (Fsp3) is 0.526. The van der Waals surface area contributed by atoms with Crippen LogP contribution < -0.4 is 11.1 Å².